The Labute approximate surface area is 115 Å². The van der Waals surface area contributed by atoms with Gasteiger partial charge in [0.15, 0.2) is 0 Å². The first-order valence-corrected chi connectivity index (χ1v) is 7.37. The van der Waals surface area contributed by atoms with E-state index in [1.807, 2.05) is 0 Å². The molecule has 2 heterocycles. The Morgan fingerprint density at radius 2 is 2.26 bits per heavy atom. The van der Waals surface area contributed by atoms with Crippen molar-refractivity contribution in [1.29, 1.82) is 0 Å². The van der Waals surface area contributed by atoms with Crippen LogP contribution < -0.4 is 0 Å². The summed E-state index contributed by atoms with van der Waals surface area (Å²) in [6, 6.07) is 0. The summed E-state index contributed by atoms with van der Waals surface area (Å²) < 4.78 is 5.79. The smallest absolute Gasteiger partial charge is 0.324 e. The number of ether oxygens (including phenoxy) is 1. The molecule has 2 rings (SSSR count). The van der Waals surface area contributed by atoms with E-state index in [1.165, 1.54) is 0 Å². The minimum atomic E-state index is -0.656. The molecule has 0 aromatic heterocycles. The van der Waals surface area contributed by atoms with Crippen molar-refractivity contribution in [1.82, 2.24) is 9.80 Å². The van der Waals surface area contributed by atoms with Gasteiger partial charge < -0.3 is 14.7 Å². The highest BCUT2D eigenvalue weighted by Gasteiger charge is 2.47. The Kier molecular flexibility index (Phi) is 4.81. The van der Waals surface area contributed by atoms with E-state index >= 15 is 0 Å². The van der Waals surface area contributed by atoms with E-state index in [4.69, 9.17) is 4.74 Å². The van der Waals surface area contributed by atoms with Crippen LogP contribution in [-0.2, 0) is 9.53 Å². The number of nitrogens with zero attached hydrogens (tertiary/aromatic N) is 2. The summed E-state index contributed by atoms with van der Waals surface area (Å²) in [6.07, 6.45) is 3.56. The molecule has 0 aromatic carbocycles. The molecule has 110 valence electrons. The maximum atomic E-state index is 11.7. The number of rotatable bonds is 5. The second kappa shape index (κ2) is 6.20. The molecule has 2 aliphatic rings. The molecule has 0 aromatic rings. The molecule has 0 aliphatic carbocycles. The molecular formula is C14H26N2O3. The fraction of sp³-hybridized carbons (Fsp3) is 0.929. The Morgan fingerprint density at radius 3 is 2.89 bits per heavy atom. The first-order valence-electron chi connectivity index (χ1n) is 7.37. The molecule has 2 atom stereocenters. The van der Waals surface area contributed by atoms with Crippen molar-refractivity contribution < 1.29 is 14.6 Å². The van der Waals surface area contributed by atoms with E-state index < -0.39 is 11.5 Å². The summed E-state index contributed by atoms with van der Waals surface area (Å²) in [7, 11) is 2.09. The Bertz CT molecular complexity index is 324. The number of aliphatic carboxylic acids is 1. The topological polar surface area (TPSA) is 53.0 Å². The number of carbonyl (C=O) groups is 1. The van der Waals surface area contributed by atoms with E-state index in [9.17, 15) is 9.90 Å². The van der Waals surface area contributed by atoms with Gasteiger partial charge >= 0.3 is 5.97 Å². The van der Waals surface area contributed by atoms with Crippen molar-refractivity contribution >= 4 is 5.97 Å². The van der Waals surface area contributed by atoms with Gasteiger partial charge in [-0.2, -0.15) is 0 Å². The second-order valence-electron chi connectivity index (χ2n) is 5.89. The van der Waals surface area contributed by atoms with E-state index in [0.29, 0.717) is 0 Å². The highest BCUT2D eigenvalue weighted by Crippen LogP contribution is 2.34. The van der Waals surface area contributed by atoms with Crippen LogP contribution in [0.1, 0.15) is 32.6 Å². The zero-order valence-electron chi connectivity index (χ0n) is 12.1. The van der Waals surface area contributed by atoms with Crippen LogP contribution in [0.2, 0.25) is 0 Å². The minimum absolute atomic E-state index is 0.146. The molecule has 1 N–H and O–H groups in total. The molecule has 19 heavy (non-hydrogen) atoms. The molecule has 2 fully saturated rings. The first kappa shape index (κ1) is 14.8. The lowest BCUT2D eigenvalue weighted by Crippen LogP contribution is -2.55. The monoisotopic (exact) mass is 270 g/mol. The first-order chi connectivity index (χ1) is 9.08. The summed E-state index contributed by atoms with van der Waals surface area (Å²) >= 11 is 0. The van der Waals surface area contributed by atoms with Gasteiger partial charge in [0.2, 0.25) is 0 Å². The lowest BCUT2D eigenvalue weighted by atomic mass is 9.90. The van der Waals surface area contributed by atoms with Crippen molar-refractivity contribution in [2.24, 2.45) is 0 Å². The Hall–Kier alpha value is -0.650. The number of morpholine rings is 1. The Balaban J connectivity index is 2.02. The molecule has 5 heteroatoms. The molecule has 2 aliphatic heterocycles. The summed E-state index contributed by atoms with van der Waals surface area (Å²) in [5, 5.41) is 9.65. The highest BCUT2D eigenvalue weighted by molar-refractivity contribution is 5.79. The third-order valence-electron chi connectivity index (χ3n) is 4.45. The highest BCUT2D eigenvalue weighted by atomic mass is 16.5. The van der Waals surface area contributed by atoms with E-state index in [-0.39, 0.29) is 6.10 Å². The van der Waals surface area contributed by atoms with Gasteiger partial charge in [0.1, 0.15) is 5.54 Å². The maximum Gasteiger partial charge on any atom is 0.324 e. The zero-order valence-corrected chi connectivity index (χ0v) is 12.1. The summed E-state index contributed by atoms with van der Waals surface area (Å²) in [6.45, 7) is 6.31. The normalized spacial score (nSPS) is 33.7. The van der Waals surface area contributed by atoms with Crippen molar-refractivity contribution in [3.05, 3.63) is 0 Å². The summed E-state index contributed by atoms with van der Waals surface area (Å²) in [5.41, 5.74) is -0.645. The fourth-order valence-corrected chi connectivity index (χ4v) is 3.47. The van der Waals surface area contributed by atoms with Crippen molar-refractivity contribution in [2.75, 3.05) is 39.8 Å². The summed E-state index contributed by atoms with van der Waals surface area (Å²) in [4.78, 5) is 16.1. The third kappa shape index (κ3) is 3.09. The molecule has 5 nitrogen and oxygen atoms in total. The van der Waals surface area contributed by atoms with Crippen molar-refractivity contribution in [3.63, 3.8) is 0 Å². The van der Waals surface area contributed by atoms with Crippen LogP contribution >= 0.6 is 0 Å². The maximum absolute atomic E-state index is 11.7. The lowest BCUT2D eigenvalue weighted by molar-refractivity contribution is -0.152. The average Bonchev–Trinajstić information content (AvgIpc) is 2.74. The van der Waals surface area contributed by atoms with Gasteiger partial charge in [-0.05, 0) is 32.9 Å². The number of likely N-dealkylation sites (N-methyl/N-ethyl adjacent to an activating group) is 1. The SMILES string of the molecule is CCCC1(C(=O)O)CCCN1CC1CN(C)CCO1. The van der Waals surface area contributed by atoms with Crippen LogP contribution in [0, 0.1) is 0 Å². The summed E-state index contributed by atoms with van der Waals surface area (Å²) in [5.74, 6) is -0.656. The average molecular weight is 270 g/mol. The van der Waals surface area contributed by atoms with Gasteiger partial charge in [0.05, 0.1) is 12.7 Å². The molecule has 0 radical (unpaired) electrons. The number of likely N-dealkylation sites (tertiary alicyclic amines) is 1. The third-order valence-corrected chi connectivity index (χ3v) is 4.45. The molecule has 0 saturated carbocycles. The molecular weight excluding hydrogens is 244 g/mol. The number of hydrogen-bond acceptors (Lipinski definition) is 4. The standard InChI is InChI=1S/C14H26N2O3/c1-3-5-14(13(17)18)6-4-7-16(14)11-12-10-15(2)8-9-19-12/h12H,3-11H2,1-2H3,(H,17,18). The van der Waals surface area contributed by atoms with Crippen molar-refractivity contribution in [2.45, 2.75) is 44.2 Å². The fourth-order valence-electron chi connectivity index (χ4n) is 3.47. The van der Waals surface area contributed by atoms with Gasteiger partial charge in [-0.3, -0.25) is 9.69 Å². The quantitative estimate of drug-likeness (QED) is 0.809. The van der Waals surface area contributed by atoms with Crippen LogP contribution in [0.15, 0.2) is 0 Å². The lowest BCUT2D eigenvalue weighted by Gasteiger charge is -2.39. The van der Waals surface area contributed by atoms with Crippen LogP contribution in [0.3, 0.4) is 0 Å². The van der Waals surface area contributed by atoms with Crippen LogP contribution in [0.4, 0.5) is 0 Å². The zero-order chi connectivity index (χ0) is 13.9. The number of carboxylic acid groups (broad SMARTS) is 1. The number of hydrogen-bond donors (Lipinski definition) is 1. The van der Waals surface area contributed by atoms with Crippen molar-refractivity contribution in [3.8, 4) is 0 Å². The van der Waals surface area contributed by atoms with Gasteiger partial charge in [0.25, 0.3) is 0 Å². The largest absolute Gasteiger partial charge is 0.480 e. The van der Waals surface area contributed by atoms with Crippen LogP contribution in [0.5, 0.6) is 0 Å². The number of carboxylic acids is 1. The van der Waals surface area contributed by atoms with E-state index in [1.54, 1.807) is 0 Å². The van der Waals surface area contributed by atoms with Gasteiger partial charge in [-0.25, -0.2) is 0 Å². The molecule has 0 amide bonds. The van der Waals surface area contributed by atoms with E-state index in [2.05, 4.69) is 23.8 Å². The predicted octanol–water partition coefficient (Wildman–Crippen LogP) is 1.04. The minimum Gasteiger partial charge on any atom is -0.480 e. The van der Waals surface area contributed by atoms with Crippen LogP contribution in [-0.4, -0.2) is 72.4 Å². The molecule has 0 spiro atoms. The molecule has 0 bridgehead atoms. The Morgan fingerprint density at radius 1 is 1.47 bits per heavy atom. The predicted molar refractivity (Wildman–Crippen MR) is 73.3 cm³/mol. The van der Waals surface area contributed by atoms with Gasteiger partial charge in [-0.1, -0.05) is 13.3 Å². The second-order valence-corrected chi connectivity index (χ2v) is 5.89. The van der Waals surface area contributed by atoms with E-state index in [0.717, 1.165) is 58.5 Å². The van der Waals surface area contributed by atoms with Crippen LogP contribution in [0.25, 0.3) is 0 Å². The molecule has 2 saturated heterocycles. The molecule has 2 unspecified atom stereocenters. The van der Waals surface area contributed by atoms with Gasteiger partial charge in [0, 0.05) is 19.6 Å². The van der Waals surface area contributed by atoms with Gasteiger partial charge in [-0.15, -0.1) is 0 Å².